The minimum atomic E-state index is 0.00627. The van der Waals surface area contributed by atoms with Crippen LogP contribution in [-0.4, -0.2) is 25.2 Å². The second-order valence-corrected chi connectivity index (χ2v) is 5.44. The molecule has 6 nitrogen and oxygen atoms in total. The lowest BCUT2D eigenvalue weighted by atomic mass is 10.1. The lowest BCUT2D eigenvalue weighted by Crippen LogP contribution is -2.05. The monoisotopic (exact) mass is 262 g/mol. The Morgan fingerprint density at radius 1 is 1.50 bits per heavy atom. The van der Waals surface area contributed by atoms with Gasteiger partial charge in [0.15, 0.2) is 0 Å². The van der Waals surface area contributed by atoms with Crippen LogP contribution in [0.5, 0.6) is 0 Å². The van der Waals surface area contributed by atoms with Gasteiger partial charge in [-0.25, -0.2) is 9.67 Å². The van der Waals surface area contributed by atoms with E-state index >= 15 is 0 Å². The average Bonchev–Trinajstić information content (AvgIpc) is 3.11. The van der Waals surface area contributed by atoms with E-state index in [2.05, 4.69) is 20.5 Å². The summed E-state index contributed by atoms with van der Waals surface area (Å²) in [6, 6.07) is 4.39. The van der Waals surface area contributed by atoms with Gasteiger partial charge in [0.1, 0.15) is 5.03 Å². The molecule has 0 spiro atoms. The van der Waals surface area contributed by atoms with Crippen LogP contribution in [0.25, 0.3) is 0 Å². The van der Waals surface area contributed by atoms with Gasteiger partial charge in [-0.05, 0) is 59.7 Å². The van der Waals surface area contributed by atoms with Crippen LogP contribution in [0, 0.1) is 0 Å². The van der Waals surface area contributed by atoms with Gasteiger partial charge in [-0.3, -0.25) is 0 Å². The molecule has 0 bridgehead atoms. The van der Waals surface area contributed by atoms with Gasteiger partial charge in [0.2, 0.25) is 5.16 Å². The van der Waals surface area contributed by atoms with Crippen molar-refractivity contribution in [3.63, 3.8) is 0 Å². The van der Waals surface area contributed by atoms with Crippen LogP contribution in [0.3, 0.4) is 0 Å². The molecular weight excluding hydrogens is 248 g/mol. The molecule has 7 heteroatoms. The fourth-order valence-electron chi connectivity index (χ4n) is 1.66. The summed E-state index contributed by atoms with van der Waals surface area (Å²) < 4.78 is 1.88. The van der Waals surface area contributed by atoms with Crippen LogP contribution in [0.15, 0.2) is 28.5 Å². The highest BCUT2D eigenvalue weighted by Crippen LogP contribution is 2.37. The van der Waals surface area contributed by atoms with Crippen LogP contribution < -0.4 is 5.73 Å². The zero-order valence-electron chi connectivity index (χ0n) is 10.0. The van der Waals surface area contributed by atoms with Crippen LogP contribution in [0.2, 0.25) is 0 Å². The van der Waals surface area contributed by atoms with Gasteiger partial charge in [0, 0.05) is 12.2 Å². The third-order valence-corrected chi connectivity index (χ3v) is 3.72. The predicted octanol–water partition coefficient (Wildman–Crippen LogP) is 1.57. The molecule has 18 heavy (non-hydrogen) atoms. The predicted molar refractivity (Wildman–Crippen MR) is 67.1 cm³/mol. The minimum absolute atomic E-state index is 0.00627. The van der Waals surface area contributed by atoms with Crippen molar-refractivity contribution in [2.75, 3.05) is 0 Å². The number of nitrogens with two attached hydrogens (primary N) is 1. The van der Waals surface area contributed by atoms with E-state index in [0.29, 0.717) is 6.04 Å². The molecule has 3 rings (SSSR count). The van der Waals surface area contributed by atoms with Gasteiger partial charge in [0.05, 0.1) is 6.04 Å². The van der Waals surface area contributed by atoms with Gasteiger partial charge >= 0.3 is 0 Å². The fraction of sp³-hybridized carbons (Fsp3) is 0.455. The second kappa shape index (κ2) is 4.66. The van der Waals surface area contributed by atoms with Crippen molar-refractivity contribution >= 4 is 11.8 Å². The van der Waals surface area contributed by atoms with Crippen LogP contribution in [0.4, 0.5) is 0 Å². The molecule has 2 heterocycles. The van der Waals surface area contributed by atoms with Crippen molar-refractivity contribution < 1.29 is 0 Å². The lowest BCUT2D eigenvalue weighted by Gasteiger charge is -2.06. The maximum absolute atomic E-state index is 5.86. The summed E-state index contributed by atoms with van der Waals surface area (Å²) in [6.07, 6.45) is 4.09. The first kappa shape index (κ1) is 11.6. The number of tetrazole rings is 1. The van der Waals surface area contributed by atoms with E-state index in [0.717, 1.165) is 28.6 Å². The highest BCUT2D eigenvalue weighted by atomic mass is 32.2. The molecule has 0 unspecified atom stereocenters. The molecule has 2 aromatic rings. The molecule has 1 atom stereocenters. The van der Waals surface area contributed by atoms with Crippen molar-refractivity contribution in [1.29, 1.82) is 0 Å². The fourth-order valence-corrected chi connectivity index (χ4v) is 2.51. The molecule has 2 N–H and O–H groups in total. The van der Waals surface area contributed by atoms with Crippen molar-refractivity contribution in [1.82, 2.24) is 25.2 Å². The van der Waals surface area contributed by atoms with Crippen molar-refractivity contribution in [3.05, 3.63) is 23.9 Å². The molecule has 0 aromatic carbocycles. The Labute approximate surface area is 109 Å². The number of rotatable bonds is 4. The summed E-state index contributed by atoms with van der Waals surface area (Å²) in [5.74, 6) is 0. The number of hydrogen-bond acceptors (Lipinski definition) is 6. The maximum Gasteiger partial charge on any atom is 0.215 e. The summed E-state index contributed by atoms with van der Waals surface area (Å²) in [6.45, 7) is 1.96. The smallest absolute Gasteiger partial charge is 0.215 e. The molecule has 1 saturated carbocycles. The first-order chi connectivity index (χ1) is 8.74. The zero-order chi connectivity index (χ0) is 12.5. The number of aromatic nitrogens is 5. The average molecular weight is 262 g/mol. The van der Waals surface area contributed by atoms with E-state index in [-0.39, 0.29) is 6.04 Å². The lowest BCUT2D eigenvalue weighted by molar-refractivity contribution is 0.565. The van der Waals surface area contributed by atoms with E-state index in [4.69, 9.17) is 5.73 Å². The van der Waals surface area contributed by atoms with E-state index in [1.54, 1.807) is 6.20 Å². The molecule has 94 valence electrons. The molecule has 1 aliphatic rings. The van der Waals surface area contributed by atoms with E-state index in [9.17, 15) is 0 Å². The summed E-state index contributed by atoms with van der Waals surface area (Å²) in [5.41, 5.74) is 6.93. The van der Waals surface area contributed by atoms with Crippen molar-refractivity contribution in [3.8, 4) is 0 Å². The van der Waals surface area contributed by atoms with Crippen LogP contribution in [0.1, 0.15) is 37.4 Å². The van der Waals surface area contributed by atoms with Gasteiger partial charge in [0.25, 0.3) is 0 Å². The summed E-state index contributed by atoms with van der Waals surface area (Å²) >= 11 is 1.48. The molecule has 1 aliphatic carbocycles. The van der Waals surface area contributed by atoms with E-state index in [1.807, 2.05) is 23.7 Å². The van der Waals surface area contributed by atoms with Crippen LogP contribution in [-0.2, 0) is 0 Å². The Hall–Kier alpha value is -1.47. The SMILES string of the molecule is C[C@H](N)c1ccnc(Sc2nnnn2C2CC2)c1. The molecule has 0 amide bonds. The first-order valence-electron chi connectivity index (χ1n) is 5.91. The molecule has 0 radical (unpaired) electrons. The maximum atomic E-state index is 5.86. The van der Waals surface area contributed by atoms with Gasteiger partial charge < -0.3 is 5.73 Å². The highest BCUT2D eigenvalue weighted by Gasteiger charge is 2.28. The first-order valence-corrected chi connectivity index (χ1v) is 6.73. The van der Waals surface area contributed by atoms with E-state index < -0.39 is 0 Å². The largest absolute Gasteiger partial charge is 0.324 e. The zero-order valence-corrected chi connectivity index (χ0v) is 10.8. The van der Waals surface area contributed by atoms with Gasteiger partial charge in [-0.15, -0.1) is 5.10 Å². The van der Waals surface area contributed by atoms with E-state index in [1.165, 1.54) is 11.8 Å². The summed E-state index contributed by atoms with van der Waals surface area (Å²) in [7, 11) is 0. The second-order valence-electron chi connectivity index (χ2n) is 4.46. The quantitative estimate of drug-likeness (QED) is 0.900. The van der Waals surface area contributed by atoms with Crippen LogP contribution >= 0.6 is 11.8 Å². The minimum Gasteiger partial charge on any atom is -0.324 e. The van der Waals surface area contributed by atoms with Gasteiger partial charge in [-0.2, -0.15) is 0 Å². The molecule has 1 fully saturated rings. The molecule has 0 saturated heterocycles. The standard InChI is InChI=1S/C11H14N6S/c1-7(12)8-4-5-13-10(6-8)18-11-14-15-16-17(11)9-2-3-9/h4-7,9H,2-3,12H2,1H3/t7-/m0/s1. The number of nitrogens with zero attached hydrogens (tertiary/aromatic N) is 5. The Morgan fingerprint density at radius 3 is 3.06 bits per heavy atom. The summed E-state index contributed by atoms with van der Waals surface area (Å²) in [5, 5.41) is 13.5. The molecule has 2 aromatic heterocycles. The van der Waals surface area contributed by atoms with Gasteiger partial charge in [-0.1, -0.05) is 0 Å². The Kier molecular flexibility index (Phi) is 3.00. The third kappa shape index (κ3) is 2.37. The molecule has 0 aliphatic heterocycles. The number of hydrogen-bond donors (Lipinski definition) is 1. The topological polar surface area (TPSA) is 82.5 Å². The normalized spacial score (nSPS) is 16.8. The molecular formula is C11H14N6S. The highest BCUT2D eigenvalue weighted by molar-refractivity contribution is 7.99. The van der Waals surface area contributed by atoms with Crippen molar-refractivity contribution in [2.24, 2.45) is 5.73 Å². The summed E-state index contributed by atoms with van der Waals surface area (Å²) in [4.78, 5) is 4.32. The Balaban J connectivity index is 1.83. The third-order valence-electron chi connectivity index (χ3n) is 2.84. The number of pyridine rings is 1. The Bertz CT molecular complexity index is 548. The Morgan fingerprint density at radius 2 is 2.33 bits per heavy atom. The van der Waals surface area contributed by atoms with Crippen molar-refractivity contribution in [2.45, 2.75) is 42.0 Å².